The van der Waals surface area contributed by atoms with Crippen molar-refractivity contribution in [3.8, 4) is 17.2 Å². The first-order chi connectivity index (χ1) is 8.76. The number of carbonyl (C=O) groups excluding carboxylic acids is 1. The van der Waals surface area contributed by atoms with Gasteiger partial charge in [0.05, 0.1) is 21.3 Å². The van der Waals surface area contributed by atoms with Crippen LogP contribution in [0.15, 0.2) is 24.3 Å². The maximum absolute atomic E-state index is 10.0. The summed E-state index contributed by atoms with van der Waals surface area (Å²) in [7, 11) is 4.70. The number of hydrogen-bond donors (Lipinski definition) is 0. The fraction of sp³-hybridized carbons (Fsp3) is 0.286. The summed E-state index contributed by atoms with van der Waals surface area (Å²) in [5.74, 6) is 3.48. The smallest absolute Gasteiger partial charge is 0.203 e. The van der Waals surface area contributed by atoms with Crippen LogP contribution in [0.1, 0.15) is 12.0 Å². The van der Waals surface area contributed by atoms with Gasteiger partial charge in [-0.25, -0.2) is 4.79 Å². The molecule has 0 atom stereocenters. The molecule has 0 heterocycles. The van der Waals surface area contributed by atoms with Crippen LogP contribution in [0.4, 0.5) is 0 Å². The van der Waals surface area contributed by atoms with Crippen LogP contribution in [0.5, 0.6) is 17.2 Å². The molecule has 0 N–H and O–H groups in total. The van der Waals surface area contributed by atoms with Crippen LogP contribution in [-0.2, 0) is 4.79 Å². The Balaban J connectivity index is 3.07. The minimum absolute atomic E-state index is 0.542. The predicted molar refractivity (Wildman–Crippen MR) is 70.0 cm³/mol. The Morgan fingerprint density at radius 3 is 2.17 bits per heavy atom. The van der Waals surface area contributed by atoms with Crippen molar-refractivity contribution in [1.82, 2.24) is 0 Å². The van der Waals surface area contributed by atoms with Crippen molar-refractivity contribution >= 4 is 12.0 Å². The zero-order valence-electron chi connectivity index (χ0n) is 10.7. The molecule has 0 bridgehead atoms. The molecular weight excluding hydrogens is 232 g/mol. The largest absolute Gasteiger partial charge is 0.493 e. The highest BCUT2D eigenvalue weighted by molar-refractivity contribution is 5.62. The van der Waals surface area contributed by atoms with Crippen LogP contribution in [0.25, 0.3) is 6.08 Å². The van der Waals surface area contributed by atoms with Crippen LogP contribution >= 0.6 is 0 Å². The Morgan fingerprint density at radius 2 is 1.72 bits per heavy atom. The van der Waals surface area contributed by atoms with E-state index in [0.717, 1.165) is 5.56 Å². The van der Waals surface area contributed by atoms with Gasteiger partial charge >= 0.3 is 0 Å². The molecule has 1 rings (SSSR count). The third-order valence-electron chi connectivity index (χ3n) is 2.33. The van der Waals surface area contributed by atoms with Gasteiger partial charge in [-0.05, 0) is 24.1 Å². The van der Waals surface area contributed by atoms with Gasteiger partial charge in [0.2, 0.25) is 5.75 Å². The standard InChI is InChI=1S/C14H16O4/c1-16-12-9-11(7-5-4-6-8-15)10-13(17-2)14(12)18-3/h5-7,9-10H,4H2,1-3H3/b7-5+. The molecule has 0 aliphatic rings. The van der Waals surface area contributed by atoms with Gasteiger partial charge in [-0.2, -0.15) is 0 Å². The molecular formula is C14H16O4. The Kier molecular flexibility index (Phi) is 5.55. The molecule has 0 saturated heterocycles. The van der Waals surface area contributed by atoms with Gasteiger partial charge in [-0.15, -0.1) is 0 Å². The molecule has 4 nitrogen and oxygen atoms in total. The Bertz CT molecular complexity index is 446. The first-order valence-electron chi connectivity index (χ1n) is 5.42. The second-order valence-electron chi connectivity index (χ2n) is 3.42. The second kappa shape index (κ2) is 7.20. The highest BCUT2D eigenvalue weighted by Gasteiger charge is 2.11. The van der Waals surface area contributed by atoms with E-state index in [9.17, 15) is 4.79 Å². The first-order valence-corrected chi connectivity index (χ1v) is 5.42. The molecule has 4 heteroatoms. The summed E-state index contributed by atoms with van der Waals surface area (Å²) in [4.78, 5) is 10.0. The SMILES string of the molecule is COc1cc(/C=C/CC=C=O)cc(OC)c1OC. The summed E-state index contributed by atoms with van der Waals surface area (Å²) in [5, 5.41) is 0. The van der Waals surface area contributed by atoms with Crippen molar-refractivity contribution in [1.29, 1.82) is 0 Å². The van der Waals surface area contributed by atoms with Crippen molar-refractivity contribution in [2.45, 2.75) is 6.42 Å². The fourth-order valence-electron chi connectivity index (χ4n) is 1.52. The molecule has 0 spiro atoms. The lowest BCUT2D eigenvalue weighted by atomic mass is 10.1. The van der Waals surface area contributed by atoms with E-state index in [4.69, 9.17) is 14.2 Å². The van der Waals surface area contributed by atoms with Crippen LogP contribution < -0.4 is 14.2 Å². The highest BCUT2D eigenvalue weighted by atomic mass is 16.5. The normalized spacial score (nSPS) is 9.94. The summed E-state index contributed by atoms with van der Waals surface area (Å²) in [5.41, 5.74) is 0.906. The van der Waals surface area contributed by atoms with E-state index in [1.165, 1.54) is 6.08 Å². The maximum atomic E-state index is 10.0. The van der Waals surface area contributed by atoms with E-state index < -0.39 is 0 Å². The van der Waals surface area contributed by atoms with E-state index in [1.807, 2.05) is 24.3 Å². The summed E-state index contributed by atoms with van der Waals surface area (Å²) in [6.07, 6.45) is 5.68. The Hall–Kier alpha value is -2.19. The highest BCUT2D eigenvalue weighted by Crippen LogP contribution is 2.38. The summed E-state index contributed by atoms with van der Waals surface area (Å²) in [6, 6.07) is 3.67. The van der Waals surface area contributed by atoms with Crippen molar-refractivity contribution in [2.24, 2.45) is 0 Å². The van der Waals surface area contributed by atoms with Gasteiger partial charge in [0.1, 0.15) is 5.94 Å². The predicted octanol–water partition coefficient (Wildman–Crippen LogP) is 2.50. The zero-order valence-corrected chi connectivity index (χ0v) is 10.7. The summed E-state index contributed by atoms with van der Waals surface area (Å²) in [6.45, 7) is 0. The molecule has 0 fully saturated rings. The van der Waals surface area contributed by atoms with Gasteiger partial charge in [0, 0.05) is 6.08 Å². The number of rotatable bonds is 6. The average molecular weight is 248 g/mol. The van der Waals surface area contributed by atoms with Crippen LogP contribution in [-0.4, -0.2) is 27.3 Å². The van der Waals surface area contributed by atoms with Crippen LogP contribution in [0.2, 0.25) is 0 Å². The minimum Gasteiger partial charge on any atom is -0.493 e. The lowest BCUT2D eigenvalue weighted by molar-refractivity contribution is 0.324. The van der Waals surface area contributed by atoms with Crippen LogP contribution in [0.3, 0.4) is 0 Å². The maximum Gasteiger partial charge on any atom is 0.203 e. The van der Waals surface area contributed by atoms with E-state index in [1.54, 1.807) is 27.3 Å². The van der Waals surface area contributed by atoms with Crippen molar-refractivity contribution in [2.75, 3.05) is 21.3 Å². The molecule has 0 aliphatic carbocycles. The molecule has 96 valence electrons. The monoisotopic (exact) mass is 248 g/mol. The summed E-state index contributed by atoms with van der Waals surface area (Å²) < 4.78 is 15.7. The molecule has 0 saturated carbocycles. The van der Waals surface area contributed by atoms with E-state index in [-0.39, 0.29) is 0 Å². The minimum atomic E-state index is 0.542. The van der Waals surface area contributed by atoms with Gasteiger partial charge in [-0.1, -0.05) is 12.2 Å². The van der Waals surface area contributed by atoms with Gasteiger partial charge in [-0.3, -0.25) is 0 Å². The second-order valence-corrected chi connectivity index (χ2v) is 3.42. The number of methoxy groups -OCH3 is 3. The summed E-state index contributed by atoms with van der Waals surface area (Å²) >= 11 is 0. The van der Waals surface area contributed by atoms with Gasteiger partial charge in [0.15, 0.2) is 11.5 Å². The fourth-order valence-corrected chi connectivity index (χ4v) is 1.52. The number of benzene rings is 1. The third kappa shape index (κ3) is 3.40. The number of allylic oxidation sites excluding steroid dienone is 2. The topological polar surface area (TPSA) is 44.8 Å². The van der Waals surface area contributed by atoms with E-state index >= 15 is 0 Å². The molecule has 0 amide bonds. The lowest BCUT2D eigenvalue weighted by Gasteiger charge is -2.12. The Labute approximate surface area is 106 Å². The molecule has 1 aromatic rings. The van der Waals surface area contributed by atoms with Gasteiger partial charge in [0.25, 0.3) is 0 Å². The van der Waals surface area contributed by atoms with Crippen molar-refractivity contribution in [3.05, 3.63) is 29.8 Å². The lowest BCUT2D eigenvalue weighted by Crippen LogP contribution is -1.95. The quantitative estimate of drug-likeness (QED) is 0.725. The Morgan fingerprint density at radius 1 is 1.11 bits per heavy atom. The first kappa shape index (κ1) is 13.9. The number of ether oxygens (including phenoxy) is 3. The van der Waals surface area contributed by atoms with Crippen molar-refractivity contribution < 1.29 is 19.0 Å². The van der Waals surface area contributed by atoms with Crippen LogP contribution in [0, 0.1) is 0 Å². The van der Waals surface area contributed by atoms with Crippen molar-refractivity contribution in [3.63, 3.8) is 0 Å². The number of hydrogen-bond acceptors (Lipinski definition) is 4. The van der Waals surface area contributed by atoms with Gasteiger partial charge < -0.3 is 14.2 Å². The molecule has 0 unspecified atom stereocenters. The molecule has 18 heavy (non-hydrogen) atoms. The molecule has 1 aromatic carbocycles. The average Bonchev–Trinajstić information content (AvgIpc) is 2.42. The van der Waals surface area contributed by atoms with E-state index in [0.29, 0.717) is 23.7 Å². The molecule has 0 aromatic heterocycles. The zero-order chi connectivity index (χ0) is 13.4. The third-order valence-corrected chi connectivity index (χ3v) is 2.33. The molecule has 0 aliphatic heterocycles. The molecule has 0 radical (unpaired) electrons. The van der Waals surface area contributed by atoms with E-state index in [2.05, 4.69) is 0 Å².